The number of nitrogens with two attached hydrogens (primary N) is 1. The first-order valence-electron chi connectivity index (χ1n) is 5.11. The van der Waals surface area contributed by atoms with Crippen molar-refractivity contribution in [2.24, 2.45) is 5.73 Å². The Kier molecular flexibility index (Phi) is 3.57. The van der Waals surface area contributed by atoms with Gasteiger partial charge in [-0.1, -0.05) is 0 Å². The van der Waals surface area contributed by atoms with E-state index in [9.17, 15) is 0 Å². The summed E-state index contributed by atoms with van der Waals surface area (Å²) in [5.41, 5.74) is 7.18. The van der Waals surface area contributed by atoms with Crippen molar-refractivity contribution in [3.05, 3.63) is 11.4 Å². The summed E-state index contributed by atoms with van der Waals surface area (Å²) in [7, 11) is 0. The molecule has 84 valence electrons. The lowest BCUT2D eigenvalue weighted by molar-refractivity contribution is 0.520. The highest BCUT2D eigenvalue weighted by molar-refractivity contribution is 5.28. The summed E-state index contributed by atoms with van der Waals surface area (Å²) in [6.45, 7) is 8.59. The molecule has 0 fully saturated rings. The van der Waals surface area contributed by atoms with Crippen LogP contribution < -0.4 is 11.1 Å². The van der Waals surface area contributed by atoms with Gasteiger partial charge < -0.3 is 11.1 Å². The third kappa shape index (κ3) is 3.43. The van der Waals surface area contributed by atoms with E-state index >= 15 is 0 Å². The molecular weight excluding hydrogens is 190 g/mol. The summed E-state index contributed by atoms with van der Waals surface area (Å²) in [4.78, 5) is 4.31. The second-order valence-electron chi connectivity index (χ2n) is 4.35. The first-order valence-corrected chi connectivity index (χ1v) is 5.11. The lowest BCUT2D eigenvalue weighted by Gasteiger charge is -2.25. The zero-order valence-corrected chi connectivity index (χ0v) is 9.83. The van der Waals surface area contributed by atoms with Gasteiger partial charge in [-0.3, -0.25) is 0 Å². The average molecular weight is 209 g/mol. The molecule has 0 atom stereocenters. The average Bonchev–Trinajstić information content (AvgIpc) is 2.10. The molecule has 0 saturated carbocycles. The number of aryl methyl sites for hydroxylation is 2. The van der Waals surface area contributed by atoms with Gasteiger partial charge in [-0.05, 0) is 40.7 Å². The highest BCUT2D eigenvalue weighted by atomic mass is 15.3. The maximum absolute atomic E-state index is 5.53. The number of hydrogen-bond acceptors (Lipinski definition) is 5. The number of hydrogen-bond donors (Lipinski definition) is 2. The highest BCUT2D eigenvalue weighted by Crippen LogP contribution is 2.13. The number of aromatic nitrogens is 3. The van der Waals surface area contributed by atoms with Crippen molar-refractivity contribution in [1.82, 2.24) is 15.2 Å². The van der Waals surface area contributed by atoms with Crippen LogP contribution in [0.1, 0.15) is 31.7 Å². The second kappa shape index (κ2) is 4.53. The van der Waals surface area contributed by atoms with Crippen molar-refractivity contribution in [2.45, 2.75) is 39.7 Å². The Balaban J connectivity index is 2.76. The fourth-order valence-electron chi connectivity index (χ4n) is 1.24. The molecule has 1 aromatic heterocycles. The van der Waals surface area contributed by atoms with E-state index in [0.717, 1.165) is 17.8 Å². The molecule has 3 N–H and O–H groups in total. The van der Waals surface area contributed by atoms with Crippen molar-refractivity contribution in [3.8, 4) is 0 Å². The minimum atomic E-state index is -0.0991. The van der Waals surface area contributed by atoms with Crippen LogP contribution in [0.5, 0.6) is 0 Å². The van der Waals surface area contributed by atoms with E-state index in [1.165, 1.54) is 0 Å². The molecule has 1 aromatic rings. The lowest BCUT2D eigenvalue weighted by atomic mass is 10.0. The van der Waals surface area contributed by atoms with E-state index in [1.54, 1.807) is 0 Å². The SMILES string of the molecule is Cc1nnc(NC(C)(C)CCN)nc1C. The molecule has 0 aliphatic carbocycles. The summed E-state index contributed by atoms with van der Waals surface area (Å²) < 4.78 is 0. The van der Waals surface area contributed by atoms with Crippen LogP contribution in [0, 0.1) is 13.8 Å². The maximum atomic E-state index is 5.53. The molecule has 0 spiro atoms. The number of nitrogens with zero attached hydrogens (tertiary/aromatic N) is 3. The summed E-state index contributed by atoms with van der Waals surface area (Å²) in [6.07, 6.45) is 0.864. The Morgan fingerprint density at radius 1 is 1.20 bits per heavy atom. The quantitative estimate of drug-likeness (QED) is 0.774. The fourth-order valence-corrected chi connectivity index (χ4v) is 1.24. The van der Waals surface area contributed by atoms with Gasteiger partial charge in [0.1, 0.15) is 0 Å². The third-order valence-corrected chi connectivity index (χ3v) is 2.31. The third-order valence-electron chi connectivity index (χ3n) is 2.31. The summed E-state index contributed by atoms with van der Waals surface area (Å²) >= 11 is 0. The standard InChI is InChI=1S/C10H19N5/c1-7-8(2)14-15-9(12-7)13-10(3,4)5-6-11/h5-6,11H2,1-4H3,(H,12,13,15). The topological polar surface area (TPSA) is 76.7 Å². The van der Waals surface area contributed by atoms with E-state index in [0.29, 0.717) is 12.5 Å². The minimum absolute atomic E-state index is 0.0991. The molecule has 0 aromatic carbocycles. The summed E-state index contributed by atoms with van der Waals surface area (Å²) in [5, 5.41) is 11.2. The normalized spacial score (nSPS) is 11.5. The van der Waals surface area contributed by atoms with Gasteiger partial charge in [-0.25, -0.2) is 4.98 Å². The van der Waals surface area contributed by atoms with Gasteiger partial charge >= 0.3 is 0 Å². The van der Waals surface area contributed by atoms with Crippen molar-refractivity contribution in [1.29, 1.82) is 0 Å². The highest BCUT2D eigenvalue weighted by Gasteiger charge is 2.17. The van der Waals surface area contributed by atoms with Gasteiger partial charge in [0.15, 0.2) is 0 Å². The van der Waals surface area contributed by atoms with E-state index in [2.05, 4.69) is 34.3 Å². The molecule has 0 radical (unpaired) electrons. The molecule has 5 nitrogen and oxygen atoms in total. The van der Waals surface area contributed by atoms with E-state index in [1.807, 2.05) is 13.8 Å². The van der Waals surface area contributed by atoms with Gasteiger partial charge in [0.25, 0.3) is 0 Å². The molecule has 1 heterocycles. The molecule has 1 rings (SSSR count). The summed E-state index contributed by atoms with van der Waals surface area (Å²) in [5.74, 6) is 0.566. The molecule has 0 amide bonds. The molecule has 0 saturated heterocycles. The van der Waals surface area contributed by atoms with Crippen LogP contribution in [-0.2, 0) is 0 Å². The summed E-state index contributed by atoms with van der Waals surface area (Å²) in [6, 6.07) is 0. The van der Waals surface area contributed by atoms with Crippen molar-refractivity contribution in [3.63, 3.8) is 0 Å². The molecular formula is C10H19N5. The Labute approximate surface area is 90.5 Å². The Morgan fingerprint density at radius 3 is 2.40 bits per heavy atom. The van der Waals surface area contributed by atoms with Gasteiger partial charge in [0.2, 0.25) is 5.95 Å². The molecule has 0 aliphatic rings. The zero-order valence-electron chi connectivity index (χ0n) is 9.83. The molecule has 0 aliphatic heterocycles. The number of nitrogens with one attached hydrogen (secondary N) is 1. The van der Waals surface area contributed by atoms with Crippen LogP contribution in [0.25, 0.3) is 0 Å². The fraction of sp³-hybridized carbons (Fsp3) is 0.700. The van der Waals surface area contributed by atoms with Crippen LogP contribution in [0.2, 0.25) is 0 Å². The smallest absolute Gasteiger partial charge is 0.243 e. The van der Waals surface area contributed by atoms with Crippen LogP contribution in [0.15, 0.2) is 0 Å². The monoisotopic (exact) mass is 209 g/mol. The van der Waals surface area contributed by atoms with E-state index in [-0.39, 0.29) is 5.54 Å². The number of rotatable bonds is 4. The minimum Gasteiger partial charge on any atom is -0.348 e. The molecule has 5 heteroatoms. The zero-order chi connectivity index (χ0) is 11.5. The van der Waals surface area contributed by atoms with E-state index < -0.39 is 0 Å². The first-order chi connectivity index (χ1) is 6.94. The predicted octanol–water partition coefficient (Wildman–Crippen LogP) is 1.03. The Morgan fingerprint density at radius 2 is 1.87 bits per heavy atom. The molecule has 0 unspecified atom stereocenters. The largest absolute Gasteiger partial charge is 0.348 e. The van der Waals surface area contributed by atoms with Crippen molar-refractivity contribution < 1.29 is 0 Å². The van der Waals surface area contributed by atoms with Crippen molar-refractivity contribution in [2.75, 3.05) is 11.9 Å². The molecule has 15 heavy (non-hydrogen) atoms. The van der Waals surface area contributed by atoms with E-state index in [4.69, 9.17) is 5.73 Å². The van der Waals surface area contributed by atoms with Crippen LogP contribution >= 0.6 is 0 Å². The van der Waals surface area contributed by atoms with Gasteiger partial charge in [0, 0.05) is 5.54 Å². The van der Waals surface area contributed by atoms with Gasteiger partial charge in [-0.2, -0.15) is 5.10 Å². The predicted molar refractivity (Wildman–Crippen MR) is 60.7 cm³/mol. The van der Waals surface area contributed by atoms with Crippen molar-refractivity contribution >= 4 is 5.95 Å². The van der Waals surface area contributed by atoms with Gasteiger partial charge in [0.05, 0.1) is 11.4 Å². The van der Waals surface area contributed by atoms with Gasteiger partial charge in [-0.15, -0.1) is 5.10 Å². The lowest BCUT2D eigenvalue weighted by Crippen LogP contribution is -2.34. The van der Waals surface area contributed by atoms with Crippen LogP contribution in [0.3, 0.4) is 0 Å². The molecule has 0 bridgehead atoms. The van der Waals surface area contributed by atoms with Crippen LogP contribution in [-0.4, -0.2) is 27.3 Å². The number of anilines is 1. The maximum Gasteiger partial charge on any atom is 0.243 e. The first kappa shape index (κ1) is 11.8. The van der Waals surface area contributed by atoms with Crippen LogP contribution in [0.4, 0.5) is 5.95 Å². The Bertz CT molecular complexity index is 335. The Hall–Kier alpha value is -1.23. The second-order valence-corrected chi connectivity index (χ2v) is 4.35.